The molecule has 0 amide bonds. The van der Waals surface area contributed by atoms with Crippen LogP contribution < -0.4 is 0 Å². The molecule has 3 heteroatoms. The molecule has 0 saturated carbocycles. The van der Waals surface area contributed by atoms with E-state index in [4.69, 9.17) is 0 Å². The molecule has 1 rings (SSSR count). The SMILES string of the molecule is CCC(C)(C)c1cc(N=O)ccc1O. The van der Waals surface area contributed by atoms with E-state index in [2.05, 4.69) is 5.18 Å². The fourth-order valence-electron chi connectivity index (χ4n) is 1.31. The van der Waals surface area contributed by atoms with Crippen LogP contribution in [0.15, 0.2) is 23.4 Å². The minimum atomic E-state index is -0.134. The molecule has 1 N–H and O–H groups in total. The third-order valence-corrected chi connectivity index (χ3v) is 2.70. The molecule has 0 radical (unpaired) electrons. The van der Waals surface area contributed by atoms with E-state index in [-0.39, 0.29) is 11.2 Å². The predicted octanol–water partition coefficient (Wildman–Crippen LogP) is 3.48. The molecule has 0 aliphatic carbocycles. The summed E-state index contributed by atoms with van der Waals surface area (Å²) in [5, 5.41) is 12.5. The monoisotopic (exact) mass is 193 g/mol. The quantitative estimate of drug-likeness (QED) is 0.747. The molecule has 14 heavy (non-hydrogen) atoms. The van der Waals surface area contributed by atoms with Gasteiger partial charge < -0.3 is 5.11 Å². The van der Waals surface area contributed by atoms with Crippen molar-refractivity contribution in [2.45, 2.75) is 32.6 Å². The second kappa shape index (κ2) is 3.78. The van der Waals surface area contributed by atoms with Gasteiger partial charge in [0, 0.05) is 5.56 Å². The summed E-state index contributed by atoms with van der Waals surface area (Å²) >= 11 is 0. The van der Waals surface area contributed by atoms with Crippen molar-refractivity contribution in [3.63, 3.8) is 0 Å². The Kier molecular flexibility index (Phi) is 2.89. The van der Waals surface area contributed by atoms with E-state index in [0.29, 0.717) is 5.69 Å². The molecule has 0 aliphatic heterocycles. The van der Waals surface area contributed by atoms with Crippen LogP contribution in [0.1, 0.15) is 32.8 Å². The number of nitrogens with zero attached hydrogens (tertiary/aromatic N) is 1. The van der Waals surface area contributed by atoms with Gasteiger partial charge in [-0.3, -0.25) is 0 Å². The van der Waals surface area contributed by atoms with Crippen LogP contribution >= 0.6 is 0 Å². The summed E-state index contributed by atoms with van der Waals surface area (Å²) in [6.07, 6.45) is 0.892. The van der Waals surface area contributed by atoms with Crippen LogP contribution in [0.3, 0.4) is 0 Å². The van der Waals surface area contributed by atoms with Gasteiger partial charge in [-0.1, -0.05) is 20.8 Å². The van der Waals surface area contributed by atoms with E-state index in [1.807, 2.05) is 20.8 Å². The van der Waals surface area contributed by atoms with Crippen LogP contribution in [0.25, 0.3) is 0 Å². The van der Waals surface area contributed by atoms with Gasteiger partial charge in [-0.05, 0) is 35.2 Å². The Hall–Kier alpha value is -1.38. The van der Waals surface area contributed by atoms with Crippen molar-refractivity contribution in [2.75, 3.05) is 0 Å². The van der Waals surface area contributed by atoms with Gasteiger partial charge in [0.2, 0.25) is 0 Å². The van der Waals surface area contributed by atoms with Gasteiger partial charge >= 0.3 is 0 Å². The van der Waals surface area contributed by atoms with Crippen molar-refractivity contribution < 1.29 is 5.11 Å². The Bertz CT molecular complexity index is 345. The van der Waals surface area contributed by atoms with Crippen LogP contribution in [-0.4, -0.2) is 5.11 Å². The number of hydrogen-bond acceptors (Lipinski definition) is 3. The fourth-order valence-corrected chi connectivity index (χ4v) is 1.31. The Morgan fingerprint density at radius 1 is 1.43 bits per heavy atom. The van der Waals surface area contributed by atoms with Gasteiger partial charge in [-0.25, -0.2) is 0 Å². The third-order valence-electron chi connectivity index (χ3n) is 2.70. The van der Waals surface area contributed by atoms with E-state index >= 15 is 0 Å². The fraction of sp³-hybridized carbons (Fsp3) is 0.455. The number of nitroso groups, excluding NO2 is 1. The molecule has 1 aromatic carbocycles. The molecule has 76 valence electrons. The average molecular weight is 193 g/mol. The topological polar surface area (TPSA) is 49.7 Å². The number of aromatic hydroxyl groups is 1. The molecular weight excluding hydrogens is 178 g/mol. The summed E-state index contributed by atoms with van der Waals surface area (Å²) in [6, 6.07) is 4.67. The van der Waals surface area contributed by atoms with Crippen molar-refractivity contribution in [1.82, 2.24) is 0 Å². The van der Waals surface area contributed by atoms with E-state index in [0.717, 1.165) is 12.0 Å². The highest BCUT2D eigenvalue weighted by atomic mass is 16.3. The van der Waals surface area contributed by atoms with Crippen LogP contribution in [0.5, 0.6) is 5.75 Å². The second-order valence-electron chi connectivity index (χ2n) is 4.03. The smallest absolute Gasteiger partial charge is 0.119 e. The van der Waals surface area contributed by atoms with E-state index in [9.17, 15) is 10.0 Å². The standard InChI is InChI=1S/C11H15NO2/c1-4-11(2,3)9-7-8(12-14)5-6-10(9)13/h5-7,13H,4H2,1-3H3. The lowest BCUT2D eigenvalue weighted by Gasteiger charge is -2.24. The Balaban J connectivity index is 3.25. The largest absolute Gasteiger partial charge is 0.508 e. The lowest BCUT2D eigenvalue weighted by Crippen LogP contribution is -2.15. The van der Waals surface area contributed by atoms with Crippen molar-refractivity contribution in [3.05, 3.63) is 28.7 Å². The van der Waals surface area contributed by atoms with E-state index < -0.39 is 0 Å². The molecule has 0 unspecified atom stereocenters. The van der Waals surface area contributed by atoms with Crippen LogP contribution in [-0.2, 0) is 5.41 Å². The number of rotatable bonds is 3. The third kappa shape index (κ3) is 1.92. The van der Waals surface area contributed by atoms with E-state index in [1.54, 1.807) is 6.07 Å². The Morgan fingerprint density at radius 2 is 2.07 bits per heavy atom. The number of phenolic OH excluding ortho intramolecular Hbond substituents is 1. The number of phenols is 1. The maximum Gasteiger partial charge on any atom is 0.119 e. The van der Waals surface area contributed by atoms with Gasteiger partial charge in [-0.15, -0.1) is 4.91 Å². The first-order valence-corrected chi connectivity index (χ1v) is 4.68. The zero-order valence-electron chi connectivity index (χ0n) is 8.74. The lowest BCUT2D eigenvalue weighted by molar-refractivity contribution is 0.429. The molecule has 0 atom stereocenters. The summed E-state index contributed by atoms with van der Waals surface area (Å²) in [4.78, 5) is 10.4. The molecule has 0 saturated heterocycles. The normalized spacial score (nSPS) is 11.4. The van der Waals surface area contributed by atoms with Gasteiger partial charge in [0.15, 0.2) is 0 Å². The van der Waals surface area contributed by atoms with Crippen molar-refractivity contribution >= 4 is 5.69 Å². The van der Waals surface area contributed by atoms with Gasteiger partial charge in [-0.2, -0.15) is 0 Å². The van der Waals surface area contributed by atoms with Crippen LogP contribution in [0, 0.1) is 4.91 Å². The highest BCUT2D eigenvalue weighted by molar-refractivity contribution is 5.49. The summed E-state index contributed by atoms with van der Waals surface area (Å²) in [7, 11) is 0. The second-order valence-corrected chi connectivity index (χ2v) is 4.03. The Labute approximate surface area is 83.7 Å². The molecule has 3 nitrogen and oxygen atoms in total. The number of hydrogen-bond donors (Lipinski definition) is 1. The maximum atomic E-state index is 10.4. The molecule has 0 fully saturated rings. The minimum Gasteiger partial charge on any atom is -0.508 e. The molecule has 1 aromatic rings. The first kappa shape index (κ1) is 10.7. The van der Waals surface area contributed by atoms with Gasteiger partial charge in [0.05, 0.1) is 0 Å². The van der Waals surface area contributed by atoms with Crippen molar-refractivity contribution in [3.8, 4) is 5.75 Å². The summed E-state index contributed by atoms with van der Waals surface area (Å²) in [6.45, 7) is 6.09. The minimum absolute atomic E-state index is 0.134. The predicted molar refractivity (Wildman–Crippen MR) is 56.9 cm³/mol. The first-order chi connectivity index (χ1) is 6.51. The van der Waals surface area contributed by atoms with Crippen LogP contribution in [0.2, 0.25) is 0 Å². The maximum absolute atomic E-state index is 10.4. The van der Waals surface area contributed by atoms with Crippen molar-refractivity contribution in [2.24, 2.45) is 5.18 Å². The molecular formula is C11H15NO2. The highest BCUT2D eigenvalue weighted by Crippen LogP contribution is 2.35. The van der Waals surface area contributed by atoms with Crippen molar-refractivity contribution in [1.29, 1.82) is 0 Å². The average Bonchev–Trinajstić information content (AvgIpc) is 2.18. The zero-order chi connectivity index (χ0) is 10.8. The molecule has 0 bridgehead atoms. The summed E-state index contributed by atoms with van der Waals surface area (Å²) in [5.74, 6) is 0.226. The molecule has 0 spiro atoms. The van der Waals surface area contributed by atoms with Gasteiger partial charge in [0.1, 0.15) is 11.4 Å². The molecule has 0 aliphatic rings. The Morgan fingerprint density at radius 3 is 2.57 bits per heavy atom. The highest BCUT2D eigenvalue weighted by Gasteiger charge is 2.22. The molecule has 0 heterocycles. The summed E-state index contributed by atoms with van der Waals surface area (Å²) < 4.78 is 0. The van der Waals surface area contributed by atoms with E-state index in [1.165, 1.54) is 12.1 Å². The zero-order valence-corrected chi connectivity index (χ0v) is 8.74. The first-order valence-electron chi connectivity index (χ1n) is 4.68. The summed E-state index contributed by atoms with van der Waals surface area (Å²) in [5.41, 5.74) is 1.00. The number of benzene rings is 1. The van der Waals surface area contributed by atoms with Gasteiger partial charge in [0.25, 0.3) is 0 Å². The lowest BCUT2D eigenvalue weighted by atomic mass is 9.81. The van der Waals surface area contributed by atoms with Crippen LogP contribution in [0.4, 0.5) is 5.69 Å². The molecule has 0 aromatic heterocycles.